The number of nitrogens with zero attached hydrogens (tertiary/aromatic N) is 4. The number of fused-ring (bicyclic) bond motifs is 1. The Balaban J connectivity index is 1.27. The van der Waals surface area contributed by atoms with Gasteiger partial charge in [0.05, 0.1) is 28.5 Å². The average molecular weight is 427 g/mol. The summed E-state index contributed by atoms with van der Waals surface area (Å²) in [6, 6.07) is 20.0. The van der Waals surface area contributed by atoms with Gasteiger partial charge in [0.15, 0.2) is 0 Å². The van der Waals surface area contributed by atoms with Gasteiger partial charge in [0.25, 0.3) is 0 Å². The minimum Gasteiger partial charge on any atom is -0.424 e. The Labute approximate surface area is 181 Å². The van der Waals surface area contributed by atoms with Crippen LogP contribution in [-0.4, -0.2) is 26.1 Å². The quantitative estimate of drug-likeness (QED) is 0.428. The van der Waals surface area contributed by atoms with Crippen LogP contribution in [0, 0.1) is 0 Å². The Morgan fingerprint density at radius 2 is 1.84 bits per heavy atom. The molecule has 0 aliphatic rings. The van der Waals surface area contributed by atoms with Gasteiger partial charge in [-0.3, -0.25) is 9.78 Å². The Kier molecular flexibility index (Phi) is 5.20. The fourth-order valence-electron chi connectivity index (χ4n) is 3.20. The summed E-state index contributed by atoms with van der Waals surface area (Å²) in [5, 5.41) is 11.7. The lowest BCUT2D eigenvalue weighted by Gasteiger charge is -2.01. The summed E-state index contributed by atoms with van der Waals surface area (Å²) >= 11 is 1.60. The van der Waals surface area contributed by atoms with Crippen molar-refractivity contribution >= 4 is 33.1 Å². The molecular formula is C23H17N5O2S. The number of nitrogens with one attached hydrogen (secondary N) is 1. The molecule has 5 aromatic rings. The van der Waals surface area contributed by atoms with Crippen molar-refractivity contribution < 1.29 is 9.21 Å². The summed E-state index contributed by atoms with van der Waals surface area (Å²) < 4.78 is 6.76. The second-order valence-corrected chi connectivity index (χ2v) is 8.00. The number of hydrogen-bond acceptors (Lipinski definition) is 7. The van der Waals surface area contributed by atoms with Crippen molar-refractivity contribution in [2.24, 2.45) is 0 Å². The fraction of sp³-hybridized carbons (Fsp3) is 0.0870. The first kappa shape index (κ1) is 19.1. The Morgan fingerprint density at radius 1 is 0.968 bits per heavy atom. The van der Waals surface area contributed by atoms with Gasteiger partial charge in [0.2, 0.25) is 17.7 Å². The van der Waals surface area contributed by atoms with E-state index in [1.165, 1.54) is 5.56 Å². The van der Waals surface area contributed by atoms with Gasteiger partial charge >= 0.3 is 0 Å². The molecule has 31 heavy (non-hydrogen) atoms. The number of carbonyl (C=O) groups is 1. The van der Waals surface area contributed by atoms with E-state index in [-0.39, 0.29) is 18.2 Å². The number of anilines is 1. The average Bonchev–Trinajstić information content (AvgIpc) is 3.40. The smallest absolute Gasteiger partial charge is 0.233 e. The third-order valence-corrected chi connectivity index (χ3v) is 5.63. The van der Waals surface area contributed by atoms with E-state index in [0.29, 0.717) is 18.0 Å². The number of rotatable bonds is 6. The molecule has 0 radical (unpaired) electrons. The predicted octanol–water partition coefficient (Wildman–Crippen LogP) is 4.51. The SMILES string of the molecule is O=C(Cc1nnc(Cc2nc3ccc(-c4ccccc4)cc3s2)o1)Nc1cccnc1. The van der Waals surface area contributed by atoms with Crippen molar-refractivity contribution in [3.63, 3.8) is 0 Å². The molecule has 1 N–H and O–H groups in total. The number of hydrogen-bond donors (Lipinski definition) is 1. The van der Waals surface area contributed by atoms with Gasteiger partial charge in [-0.15, -0.1) is 21.5 Å². The van der Waals surface area contributed by atoms with Gasteiger partial charge < -0.3 is 9.73 Å². The molecule has 2 aromatic carbocycles. The highest BCUT2D eigenvalue weighted by molar-refractivity contribution is 7.18. The maximum atomic E-state index is 12.1. The molecule has 3 aromatic heterocycles. The monoisotopic (exact) mass is 427 g/mol. The topological polar surface area (TPSA) is 93.8 Å². The van der Waals surface area contributed by atoms with Crippen LogP contribution in [0.3, 0.4) is 0 Å². The van der Waals surface area contributed by atoms with Gasteiger partial charge in [0.1, 0.15) is 11.4 Å². The molecule has 5 rings (SSSR count). The molecule has 8 heteroatoms. The van der Waals surface area contributed by atoms with Crippen molar-refractivity contribution in [3.8, 4) is 11.1 Å². The summed E-state index contributed by atoms with van der Waals surface area (Å²) in [4.78, 5) is 20.8. The molecule has 0 aliphatic carbocycles. The zero-order valence-electron chi connectivity index (χ0n) is 16.4. The Bertz CT molecular complexity index is 1330. The fourth-order valence-corrected chi connectivity index (χ4v) is 4.20. The Morgan fingerprint density at radius 3 is 2.68 bits per heavy atom. The van der Waals surface area contributed by atoms with Crippen LogP contribution < -0.4 is 5.32 Å². The van der Waals surface area contributed by atoms with Crippen molar-refractivity contribution in [1.29, 1.82) is 0 Å². The van der Waals surface area contributed by atoms with Crippen molar-refractivity contribution in [2.75, 3.05) is 5.32 Å². The third kappa shape index (κ3) is 4.49. The maximum absolute atomic E-state index is 12.1. The van der Waals surface area contributed by atoms with Crippen LogP contribution in [0.5, 0.6) is 0 Å². The van der Waals surface area contributed by atoms with Crippen LogP contribution in [0.15, 0.2) is 77.5 Å². The summed E-state index contributed by atoms with van der Waals surface area (Å²) in [6.07, 6.45) is 3.65. The first-order valence-corrected chi connectivity index (χ1v) is 10.5. The molecule has 0 unspecified atom stereocenters. The minimum atomic E-state index is -0.239. The van der Waals surface area contributed by atoms with Crippen LogP contribution in [0.4, 0.5) is 5.69 Å². The number of thiazole rings is 1. The molecular weight excluding hydrogens is 410 g/mol. The largest absolute Gasteiger partial charge is 0.424 e. The summed E-state index contributed by atoms with van der Waals surface area (Å²) in [6.45, 7) is 0. The van der Waals surface area contributed by atoms with E-state index in [4.69, 9.17) is 4.42 Å². The van der Waals surface area contributed by atoms with E-state index in [9.17, 15) is 4.79 Å². The Hall–Kier alpha value is -3.91. The van der Waals surface area contributed by atoms with Crippen LogP contribution in [-0.2, 0) is 17.6 Å². The molecule has 1 amide bonds. The van der Waals surface area contributed by atoms with Crippen LogP contribution in [0.2, 0.25) is 0 Å². The van der Waals surface area contributed by atoms with Gasteiger partial charge in [-0.2, -0.15) is 0 Å². The van der Waals surface area contributed by atoms with Crippen molar-refractivity contribution in [1.82, 2.24) is 20.2 Å². The van der Waals surface area contributed by atoms with E-state index in [1.54, 1.807) is 35.9 Å². The van der Waals surface area contributed by atoms with Crippen LogP contribution in [0.25, 0.3) is 21.3 Å². The number of carbonyl (C=O) groups excluding carboxylic acids is 1. The second-order valence-electron chi connectivity index (χ2n) is 6.89. The molecule has 7 nitrogen and oxygen atoms in total. The summed E-state index contributed by atoms with van der Waals surface area (Å²) in [5.41, 5.74) is 3.89. The predicted molar refractivity (Wildman–Crippen MR) is 119 cm³/mol. The lowest BCUT2D eigenvalue weighted by Crippen LogP contribution is -2.14. The van der Waals surface area contributed by atoms with Crippen LogP contribution >= 0.6 is 11.3 Å². The van der Waals surface area contributed by atoms with Gasteiger partial charge in [-0.05, 0) is 35.4 Å². The zero-order valence-corrected chi connectivity index (χ0v) is 17.2. The molecule has 0 aliphatic heterocycles. The lowest BCUT2D eigenvalue weighted by molar-refractivity contribution is -0.115. The van der Waals surface area contributed by atoms with Gasteiger partial charge in [0, 0.05) is 6.20 Å². The molecule has 0 bridgehead atoms. The second kappa shape index (κ2) is 8.45. The third-order valence-electron chi connectivity index (χ3n) is 4.61. The highest BCUT2D eigenvalue weighted by Gasteiger charge is 2.14. The maximum Gasteiger partial charge on any atom is 0.233 e. The summed E-state index contributed by atoms with van der Waals surface area (Å²) in [5.74, 6) is 0.465. The molecule has 0 saturated carbocycles. The van der Waals surface area contributed by atoms with E-state index >= 15 is 0 Å². The molecule has 0 saturated heterocycles. The van der Waals surface area contributed by atoms with E-state index < -0.39 is 0 Å². The molecule has 3 heterocycles. The van der Waals surface area contributed by atoms with Crippen LogP contribution in [0.1, 0.15) is 16.8 Å². The highest BCUT2D eigenvalue weighted by atomic mass is 32.1. The van der Waals surface area contributed by atoms with Gasteiger partial charge in [-0.25, -0.2) is 4.98 Å². The lowest BCUT2D eigenvalue weighted by atomic mass is 10.1. The van der Waals surface area contributed by atoms with E-state index in [0.717, 1.165) is 20.8 Å². The molecule has 0 fully saturated rings. The van der Waals surface area contributed by atoms with E-state index in [1.807, 2.05) is 24.3 Å². The normalized spacial score (nSPS) is 11.0. The number of pyridine rings is 1. The highest BCUT2D eigenvalue weighted by Crippen LogP contribution is 2.29. The minimum absolute atomic E-state index is 0.00216. The number of benzene rings is 2. The standard InChI is InChI=1S/C23H17N5O2S/c29-20(25-17-7-4-10-24-14-17)12-21-27-28-22(30-21)13-23-26-18-9-8-16(11-19(18)31-23)15-5-2-1-3-6-15/h1-11,14H,12-13H2,(H,25,29). The first-order valence-electron chi connectivity index (χ1n) is 9.69. The molecule has 0 atom stereocenters. The van der Waals surface area contributed by atoms with Crippen molar-refractivity contribution in [2.45, 2.75) is 12.8 Å². The van der Waals surface area contributed by atoms with Crippen molar-refractivity contribution in [3.05, 3.63) is 89.8 Å². The van der Waals surface area contributed by atoms with Gasteiger partial charge in [-0.1, -0.05) is 36.4 Å². The molecule has 0 spiro atoms. The first-order chi connectivity index (χ1) is 15.2. The number of amides is 1. The zero-order chi connectivity index (χ0) is 21.0. The van der Waals surface area contributed by atoms with E-state index in [2.05, 4.69) is 49.7 Å². The molecule has 152 valence electrons. The summed E-state index contributed by atoms with van der Waals surface area (Å²) in [7, 11) is 0. The number of aromatic nitrogens is 4.